The van der Waals surface area contributed by atoms with Crippen molar-refractivity contribution in [3.8, 4) is 0 Å². The Bertz CT molecular complexity index is 726. The first-order valence-corrected chi connectivity index (χ1v) is 8.34. The lowest BCUT2D eigenvalue weighted by molar-refractivity contribution is -0.133. The first-order chi connectivity index (χ1) is 11.1. The summed E-state index contributed by atoms with van der Waals surface area (Å²) in [5.41, 5.74) is 1.68. The molecule has 1 saturated heterocycles. The van der Waals surface area contributed by atoms with Crippen molar-refractivity contribution in [2.45, 2.75) is 25.8 Å². The number of furan rings is 1. The standard InChI is InChI=1S/C17H17BrN2O3/c18-15-8-7-14(23-15)17(22)19-13-5-3-4-12(10-13)11-20-9-2-1-6-16(20)21/h3-5,7-8,10H,1-2,6,9,11H2,(H,19,22). The summed E-state index contributed by atoms with van der Waals surface area (Å²) in [6, 6.07) is 10.8. The molecule has 1 fully saturated rings. The molecule has 1 N–H and O–H groups in total. The van der Waals surface area contributed by atoms with E-state index in [9.17, 15) is 9.59 Å². The highest BCUT2D eigenvalue weighted by molar-refractivity contribution is 9.10. The number of rotatable bonds is 4. The average Bonchev–Trinajstić information content (AvgIpc) is 2.97. The van der Waals surface area contributed by atoms with Crippen molar-refractivity contribution in [2.75, 3.05) is 11.9 Å². The van der Waals surface area contributed by atoms with E-state index >= 15 is 0 Å². The van der Waals surface area contributed by atoms with E-state index in [2.05, 4.69) is 21.2 Å². The summed E-state index contributed by atoms with van der Waals surface area (Å²) in [6.07, 6.45) is 2.66. The van der Waals surface area contributed by atoms with Crippen LogP contribution in [0, 0.1) is 0 Å². The molecule has 0 aliphatic carbocycles. The number of carbonyl (C=O) groups excluding carboxylic acids is 2. The third-order valence-electron chi connectivity index (χ3n) is 3.78. The summed E-state index contributed by atoms with van der Waals surface area (Å²) in [7, 11) is 0. The predicted molar refractivity (Wildman–Crippen MR) is 90.1 cm³/mol. The van der Waals surface area contributed by atoms with Gasteiger partial charge in [-0.1, -0.05) is 12.1 Å². The van der Waals surface area contributed by atoms with Crippen LogP contribution in [0.1, 0.15) is 35.4 Å². The molecule has 0 radical (unpaired) electrons. The Morgan fingerprint density at radius 3 is 2.87 bits per heavy atom. The molecule has 0 spiro atoms. The molecule has 120 valence electrons. The monoisotopic (exact) mass is 376 g/mol. The SMILES string of the molecule is O=C(Nc1cccc(CN2CCCCC2=O)c1)c1ccc(Br)o1. The van der Waals surface area contributed by atoms with Gasteiger partial charge >= 0.3 is 0 Å². The van der Waals surface area contributed by atoms with E-state index in [0.717, 1.165) is 24.9 Å². The number of nitrogens with one attached hydrogen (secondary N) is 1. The highest BCUT2D eigenvalue weighted by atomic mass is 79.9. The van der Waals surface area contributed by atoms with Crippen molar-refractivity contribution in [1.29, 1.82) is 0 Å². The molecule has 1 aliphatic heterocycles. The van der Waals surface area contributed by atoms with Gasteiger partial charge in [0.15, 0.2) is 10.4 Å². The molecule has 23 heavy (non-hydrogen) atoms. The zero-order valence-corrected chi connectivity index (χ0v) is 14.1. The van der Waals surface area contributed by atoms with Crippen LogP contribution in [0.25, 0.3) is 0 Å². The van der Waals surface area contributed by atoms with Crippen LogP contribution >= 0.6 is 15.9 Å². The second-order valence-electron chi connectivity index (χ2n) is 5.53. The molecule has 3 rings (SSSR count). The van der Waals surface area contributed by atoms with Crippen molar-refractivity contribution in [3.63, 3.8) is 0 Å². The maximum Gasteiger partial charge on any atom is 0.291 e. The van der Waals surface area contributed by atoms with Gasteiger partial charge in [0, 0.05) is 25.2 Å². The molecule has 0 unspecified atom stereocenters. The third kappa shape index (κ3) is 4.01. The number of anilines is 1. The van der Waals surface area contributed by atoms with Gasteiger partial charge < -0.3 is 14.6 Å². The summed E-state index contributed by atoms with van der Waals surface area (Å²) < 4.78 is 5.75. The quantitative estimate of drug-likeness (QED) is 0.882. The number of benzene rings is 1. The summed E-state index contributed by atoms with van der Waals surface area (Å²) in [4.78, 5) is 25.8. The van der Waals surface area contributed by atoms with Crippen LogP contribution in [0.2, 0.25) is 0 Å². The fraction of sp³-hybridized carbons (Fsp3) is 0.294. The molecule has 6 heteroatoms. The molecule has 0 saturated carbocycles. The zero-order chi connectivity index (χ0) is 16.2. The summed E-state index contributed by atoms with van der Waals surface area (Å²) >= 11 is 3.17. The number of nitrogens with zero attached hydrogens (tertiary/aromatic N) is 1. The lowest BCUT2D eigenvalue weighted by Crippen LogP contribution is -2.34. The fourth-order valence-corrected chi connectivity index (χ4v) is 2.93. The highest BCUT2D eigenvalue weighted by Crippen LogP contribution is 2.19. The van der Waals surface area contributed by atoms with Gasteiger partial charge in [0.25, 0.3) is 5.91 Å². The van der Waals surface area contributed by atoms with Crippen LogP contribution in [-0.4, -0.2) is 23.3 Å². The van der Waals surface area contributed by atoms with E-state index in [1.165, 1.54) is 0 Å². The van der Waals surface area contributed by atoms with Crippen molar-refractivity contribution >= 4 is 33.4 Å². The Kier molecular flexibility index (Phi) is 4.81. The summed E-state index contributed by atoms with van der Waals surface area (Å²) in [5, 5.41) is 2.80. The molecule has 2 amide bonds. The van der Waals surface area contributed by atoms with Crippen LogP contribution in [0.5, 0.6) is 0 Å². The van der Waals surface area contributed by atoms with Gasteiger partial charge in [0.2, 0.25) is 5.91 Å². The summed E-state index contributed by atoms with van der Waals surface area (Å²) in [6.45, 7) is 1.38. The number of hydrogen-bond acceptors (Lipinski definition) is 3. The minimum Gasteiger partial charge on any atom is -0.444 e. The lowest BCUT2D eigenvalue weighted by atomic mass is 10.1. The molecule has 1 aromatic carbocycles. The number of carbonyl (C=O) groups is 2. The molecule has 2 aromatic rings. The fourth-order valence-electron chi connectivity index (χ4n) is 2.63. The van der Waals surface area contributed by atoms with Gasteiger partial charge in [-0.25, -0.2) is 0 Å². The average molecular weight is 377 g/mol. The van der Waals surface area contributed by atoms with Crippen molar-refractivity contribution in [1.82, 2.24) is 4.90 Å². The number of likely N-dealkylation sites (tertiary alicyclic amines) is 1. The van der Waals surface area contributed by atoms with Gasteiger partial charge in [0.1, 0.15) is 0 Å². The zero-order valence-electron chi connectivity index (χ0n) is 12.5. The predicted octanol–water partition coefficient (Wildman–Crippen LogP) is 3.81. The molecule has 1 aliphatic rings. The minimum atomic E-state index is -0.304. The van der Waals surface area contributed by atoms with Gasteiger partial charge in [-0.2, -0.15) is 0 Å². The number of amides is 2. The van der Waals surface area contributed by atoms with E-state index in [-0.39, 0.29) is 17.6 Å². The third-order valence-corrected chi connectivity index (χ3v) is 4.20. The number of hydrogen-bond donors (Lipinski definition) is 1. The molecule has 5 nitrogen and oxygen atoms in total. The van der Waals surface area contributed by atoms with E-state index in [1.54, 1.807) is 12.1 Å². The lowest BCUT2D eigenvalue weighted by Gasteiger charge is -2.26. The first-order valence-electron chi connectivity index (χ1n) is 7.55. The topological polar surface area (TPSA) is 62.6 Å². The Morgan fingerprint density at radius 2 is 2.13 bits per heavy atom. The Balaban J connectivity index is 1.67. The second-order valence-corrected chi connectivity index (χ2v) is 6.31. The maximum absolute atomic E-state index is 12.1. The molecule has 0 bridgehead atoms. The van der Waals surface area contributed by atoms with Crippen molar-refractivity contribution < 1.29 is 14.0 Å². The number of piperidine rings is 1. The van der Waals surface area contributed by atoms with Gasteiger partial charge in [-0.15, -0.1) is 0 Å². The Labute approximate surface area is 142 Å². The smallest absolute Gasteiger partial charge is 0.291 e. The van der Waals surface area contributed by atoms with Gasteiger partial charge in [-0.05, 0) is 58.6 Å². The van der Waals surface area contributed by atoms with Gasteiger partial charge in [-0.3, -0.25) is 9.59 Å². The van der Waals surface area contributed by atoms with Crippen LogP contribution in [-0.2, 0) is 11.3 Å². The molecule has 2 heterocycles. The van der Waals surface area contributed by atoms with Gasteiger partial charge in [0.05, 0.1) is 0 Å². The van der Waals surface area contributed by atoms with Crippen LogP contribution in [0.4, 0.5) is 5.69 Å². The minimum absolute atomic E-state index is 0.200. The summed E-state index contributed by atoms with van der Waals surface area (Å²) in [5.74, 6) is 0.140. The van der Waals surface area contributed by atoms with E-state index in [4.69, 9.17) is 4.42 Å². The van der Waals surface area contributed by atoms with E-state index in [0.29, 0.717) is 23.3 Å². The number of halogens is 1. The highest BCUT2D eigenvalue weighted by Gasteiger charge is 2.18. The molecule has 1 aromatic heterocycles. The van der Waals surface area contributed by atoms with Crippen LogP contribution in [0.15, 0.2) is 45.5 Å². The second kappa shape index (κ2) is 7.00. The normalized spacial score (nSPS) is 14.8. The Morgan fingerprint density at radius 1 is 1.26 bits per heavy atom. The first kappa shape index (κ1) is 15.8. The molecular formula is C17H17BrN2O3. The van der Waals surface area contributed by atoms with Crippen molar-refractivity contribution in [3.05, 3.63) is 52.4 Å². The van der Waals surface area contributed by atoms with Crippen LogP contribution in [0.3, 0.4) is 0 Å². The largest absolute Gasteiger partial charge is 0.444 e. The maximum atomic E-state index is 12.1. The van der Waals surface area contributed by atoms with Crippen LogP contribution < -0.4 is 5.32 Å². The molecule has 0 atom stereocenters. The Hall–Kier alpha value is -2.08. The van der Waals surface area contributed by atoms with E-state index in [1.807, 2.05) is 29.2 Å². The van der Waals surface area contributed by atoms with E-state index < -0.39 is 0 Å². The van der Waals surface area contributed by atoms with Crippen molar-refractivity contribution in [2.24, 2.45) is 0 Å². The molecular weight excluding hydrogens is 360 g/mol.